The summed E-state index contributed by atoms with van der Waals surface area (Å²) in [6.45, 7) is 11.8. The molecule has 2 aliphatic heterocycles. The number of halogens is 1. The first-order chi connectivity index (χ1) is 23.1. The molecular formula is C36H43ClN4O7S. The molecule has 0 radical (unpaired) electrons. The number of carbonyl (C=O) groups is 3. The minimum absolute atomic E-state index is 0.128. The molecule has 0 bridgehead atoms. The van der Waals surface area contributed by atoms with Gasteiger partial charge in [-0.2, -0.15) is 0 Å². The van der Waals surface area contributed by atoms with Crippen LogP contribution >= 0.6 is 11.6 Å². The zero-order valence-corrected chi connectivity index (χ0v) is 30.0. The van der Waals surface area contributed by atoms with Gasteiger partial charge in [0.15, 0.2) is 0 Å². The van der Waals surface area contributed by atoms with Crippen LogP contribution in [0, 0.1) is 0 Å². The maximum atomic E-state index is 14.6. The van der Waals surface area contributed by atoms with Gasteiger partial charge < -0.3 is 25.4 Å². The number of amides is 3. The lowest BCUT2D eigenvalue weighted by molar-refractivity contribution is -0.120. The third kappa shape index (κ3) is 7.47. The number of fused-ring (bicyclic) bond motifs is 1. The minimum atomic E-state index is -4.48. The molecule has 3 aromatic carbocycles. The van der Waals surface area contributed by atoms with Crippen LogP contribution in [0.5, 0.6) is 5.75 Å². The summed E-state index contributed by atoms with van der Waals surface area (Å²) in [5.41, 5.74) is -0.845. The number of hydrogen-bond acceptors (Lipinski definition) is 8. The summed E-state index contributed by atoms with van der Waals surface area (Å²) in [5, 5.41) is 15.7. The molecule has 1 fully saturated rings. The first-order valence-corrected chi connectivity index (χ1v) is 18.2. The van der Waals surface area contributed by atoms with Crippen LogP contribution in [0.4, 0.5) is 5.69 Å². The molecule has 13 heteroatoms. The van der Waals surface area contributed by atoms with Crippen molar-refractivity contribution in [3.05, 3.63) is 87.9 Å². The second kappa shape index (κ2) is 14.1. The molecule has 3 aromatic rings. The van der Waals surface area contributed by atoms with Crippen molar-refractivity contribution in [3.8, 4) is 5.75 Å². The van der Waals surface area contributed by atoms with Crippen LogP contribution in [0.15, 0.2) is 65.6 Å². The van der Waals surface area contributed by atoms with Gasteiger partial charge in [0.25, 0.3) is 27.7 Å². The molecule has 1 unspecified atom stereocenters. The highest BCUT2D eigenvalue weighted by molar-refractivity contribution is 7.93. The minimum Gasteiger partial charge on any atom is -0.494 e. The highest BCUT2D eigenvalue weighted by Crippen LogP contribution is 2.51. The Labute approximate surface area is 292 Å². The Bertz CT molecular complexity index is 1850. The number of nitrogens with one attached hydrogen (secondary N) is 2. The number of rotatable bonds is 10. The van der Waals surface area contributed by atoms with Gasteiger partial charge in [0.2, 0.25) is 0 Å². The van der Waals surface area contributed by atoms with E-state index in [0.29, 0.717) is 43.9 Å². The van der Waals surface area contributed by atoms with Gasteiger partial charge in [-0.15, -0.1) is 0 Å². The van der Waals surface area contributed by atoms with E-state index < -0.39 is 26.9 Å². The van der Waals surface area contributed by atoms with Crippen molar-refractivity contribution in [2.45, 2.75) is 69.4 Å². The molecule has 3 amide bonds. The maximum Gasteiger partial charge on any atom is 0.270 e. The second-order valence-electron chi connectivity index (χ2n) is 13.6. The number of aliphatic hydroxyl groups excluding tert-OH is 1. The van der Waals surface area contributed by atoms with E-state index >= 15 is 0 Å². The third-order valence-electron chi connectivity index (χ3n) is 8.83. The topological polar surface area (TPSA) is 145 Å². The Morgan fingerprint density at radius 2 is 1.63 bits per heavy atom. The van der Waals surface area contributed by atoms with Gasteiger partial charge in [-0.3, -0.25) is 14.4 Å². The molecule has 5 rings (SSSR count). The van der Waals surface area contributed by atoms with Crippen molar-refractivity contribution in [2.24, 2.45) is 0 Å². The van der Waals surface area contributed by atoms with E-state index in [9.17, 15) is 27.9 Å². The van der Waals surface area contributed by atoms with E-state index in [4.69, 9.17) is 16.3 Å². The van der Waals surface area contributed by atoms with Crippen LogP contribution in [-0.4, -0.2) is 80.6 Å². The lowest BCUT2D eigenvalue weighted by atomic mass is 9.76. The van der Waals surface area contributed by atoms with E-state index in [-0.39, 0.29) is 50.2 Å². The lowest BCUT2D eigenvalue weighted by Crippen LogP contribution is -2.43. The van der Waals surface area contributed by atoms with E-state index in [2.05, 4.69) is 15.5 Å². The molecule has 2 heterocycles. The van der Waals surface area contributed by atoms with Gasteiger partial charge in [0, 0.05) is 53.4 Å². The van der Waals surface area contributed by atoms with E-state index in [1.54, 1.807) is 25.1 Å². The quantitative estimate of drug-likeness (QED) is 0.279. The fourth-order valence-corrected chi connectivity index (χ4v) is 8.01. The van der Waals surface area contributed by atoms with Gasteiger partial charge in [-0.05, 0) is 114 Å². The number of aliphatic hydroxyl groups is 1. The number of benzene rings is 3. The Hall–Kier alpha value is -3.97. The maximum absolute atomic E-state index is 14.6. The molecule has 11 nitrogen and oxygen atoms in total. The molecule has 0 aliphatic carbocycles. The summed E-state index contributed by atoms with van der Waals surface area (Å²) < 4.78 is 35.0. The first-order valence-electron chi connectivity index (χ1n) is 16.3. The standard InChI is InChI=1S/C36H43ClN4O7S/c1-6-48-26-10-14-31-29(22-26)36(5,28-21-24(9-13-30(28)37)32(43)38-17-20-40-18-15-25(42)16-19-40)34(45)41(31)49(46,47)27-11-7-23(8-12-27)33(44)39-35(2,3)4/h7-14,21-22,25,42H,6,15-20H2,1-5H3,(H,38,43)(H,39,44). The molecule has 0 spiro atoms. The van der Waals surface area contributed by atoms with Crippen LogP contribution in [0.2, 0.25) is 5.02 Å². The number of hydrogen-bond donors (Lipinski definition) is 3. The zero-order valence-electron chi connectivity index (χ0n) is 28.4. The predicted octanol–water partition coefficient (Wildman–Crippen LogP) is 4.50. The summed E-state index contributed by atoms with van der Waals surface area (Å²) in [6, 6.07) is 14.8. The summed E-state index contributed by atoms with van der Waals surface area (Å²) in [4.78, 5) is 42.5. The van der Waals surface area contributed by atoms with Gasteiger partial charge in [0.05, 0.1) is 23.3 Å². The first kappa shape index (κ1) is 36.3. The van der Waals surface area contributed by atoms with E-state index in [0.717, 1.165) is 17.4 Å². The molecule has 49 heavy (non-hydrogen) atoms. The van der Waals surface area contributed by atoms with Crippen molar-refractivity contribution in [2.75, 3.05) is 37.1 Å². The average molecular weight is 711 g/mol. The largest absolute Gasteiger partial charge is 0.494 e. The van der Waals surface area contributed by atoms with Crippen LogP contribution < -0.4 is 19.7 Å². The fourth-order valence-electron chi connectivity index (χ4n) is 6.19. The number of sulfonamides is 1. The van der Waals surface area contributed by atoms with Crippen molar-refractivity contribution >= 4 is 45.0 Å². The van der Waals surface area contributed by atoms with Crippen LogP contribution in [0.25, 0.3) is 0 Å². The highest BCUT2D eigenvalue weighted by Gasteiger charge is 2.54. The summed E-state index contributed by atoms with van der Waals surface area (Å²) in [7, 11) is -4.48. The van der Waals surface area contributed by atoms with Crippen molar-refractivity contribution in [3.63, 3.8) is 0 Å². The molecule has 0 saturated carbocycles. The highest BCUT2D eigenvalue weighted by atomic mass is 35.5. The monoisotopic (exact) mass is 710 g/mol. The Kier molecular flexibility index (Phi) is 10.5. The summed E-state index contributed by atoms with van der Waals surface area (Å²) in [5.74, 6) is -1.08. The van der Waals surface area contributed by atoms with Crippen molar-refractivity contribution in [1.29, 1.82) is 0 Å². The number of anilines is 1. The number of ether oxygens (including phenoxy) is 1. The zero-order chi connectivity index (χ0) is 35.7. The average Bonchev–Trinajstić information content (AvgIpc) is 3.28. The third-order valence-corrected chi connectivity index (χ3v) is 10.9. The van der Waals surface area contributed by atoms with Gasteiger partial charge in [-0.25, -0.2) is 12.7 Å². The van der Waals surface area contributed by atoms with Crippen LogP contribution in [0.1, 0.15) is 79.3 Å². The molecule has 1 atom stereocenters. The van der Waals surface area contributed by atoms with Gasteiger partial charge in [-0.1, -0.05) is 11.6 Å². The molecule has 2 aliphatic rings. The smallest absolute Gasteiger partial charge is 0.270 e. The molecule has 0 aromatic heterocycles. The Balaban J connectivity index is 1.48. The van der Waals surface area contributed by atoms with Crippen LogP contribution in [-0.2, 0) is 20.2 Å². The van der Waals surface area contributed by atoms with E-state index in [1.165, 1.54) is 42.5 Å². The summed E-state index contributed by atoms with van der Waals surface area (Å²) >= 11 is 6.74. The SMILES string of the molecule is CCOc1ccc2c(c1)C(C)(c1cc(C(=O)NCCN3CCC(O)CC3)ccc1Cl)C(=O)N2S(=O)(=O)c1ccc(C(=O)NC(C)(C)C)cc1. The normalized spacial score (nSPS) is 18.7. The van der Waals surface area contributed by atoms with E-state index in [1.807, 2.05) is 27.7 Å². The lowest BCUT2D eigenvalue weighted by Gasteiger charge is -2.29. The number of likely N-dealkylation sites (tertiary alicyclic amines) is 1. The summed E-state index contributed by atoms with van der Waals surface area (Å²) in [6.07, 6.45) is 1.10. The van der Waals surface area contributed by atoms with Crippen molar-refractivity contribution in [1.82, 2.24) is 15.5 Å². The number of piperidine rings is 1. The predicted molar refractivity (Wildman–Crippen MR) is 188 cm³/mol. The molecule has 1 saturated heterocycles. The van der Waals surface area contributed by atoms with Gasteiger partial charge >= 0.3 is 0 Å². The Morgan fingerprint density at radius 3 is 2.27 bits per heavy atom. The molecule has 262 valence electrons. The number of nitrogens with zero attached hydrogens (tertiary/aromatic N) is 2. The Morgan fingerprint density at radius 1 is 0.980 bits per heavy atom. The number of carbonyl (C=O) groups excluding carboxylic acids is 3. The van der Waals surface area contributed by atoms with Crippen LogP contribution in [0.3, 0.4) is 0 Å². The molecule has 3 N–H and O–H groups in total. The fraction of sp³-hybridized carbons (Fsp3) is 0.417. The van der Waals surface area contributed by atoms with Crippen molar-refractivity contribution < 1.29 is 32.6 Å². The van der Waals surface area contributed by atoms with Gasteiger partial charge in [0.1, 0.15) is 11.2 Å². The second-order valence-corrected chi connectivity index (χ2v) is 15.8. The molecular weight excluding hydrogens is 668 g/mol.